The standard InChI is InChI=1S/C10H17NO/c1-8(2)6-9(12)10(3)4-5-11-7-10/h6,11H,4-5,7H2,1-3H3. The fourth-order valence-corrected chi connectivity index (χ4v) is 1.46. The van der Waals surface area contributed by atoms with Gasteiger partial charge < -0.3 is 5.32 Å². The van der Waals surface area contributed by atoms with Crippen LogP contribution < -0.4 is 5.32 Å². The fraction of sp³-hybridized carbons (Fsp3) is 0.700. The van der Waals surface area contributed by atoms with Gasteiger partial charge in [-0.25, -0.2) is 0 Å². The maximum atomic E-state index is 11.7. The van der Waals surface area contributed by atoms with Crippen molar-refractivity contribution in [2.45, 2.75) is 27.2 Å². The van der Waals surface area contributed by atoms with E-state index in [4.69, 9.17) is 0 Å². The van der Waals surface area contributed by atoms with Crippen molar-refractivity contribution in [3.63, 3.8) is 0 Å². The van der Waals surface area contributed by atoms with E-state index >= 15 is 0 Å². The molecule has 0 aliphatic carbocycles. The summed E-state index contributed by atoms with van der Waals surface area (Å²) in [5, 5.41) is 3.22. The molecule has 1 aliphatic rings. The number of carbonyl (C=O) groups is 1. The molecule has 68 valence electrons. The molecule has 1 heterocycles. The third-order valence-corrected chi connectivity index (χ3v) is 2.38. The van der Waals surface area contributed by atoms with Crippen molar-refractivity contribution >= 4 is 5.78 Å². The first-order valence-corrected chi connectivity index (χ1v) is 4.45. The van der Waals surface area contributed by atoms with Gasteiger partial charge in [0.2, 0.25) is 0 Å². The molecular formula is C10H17NO. The van der Waals surface area contributed by atoms with Crippen molar-refractivity contribution in [2.24, 2.45) is 5.41 Å². The van der Waals surface area contributed by atoms with Crippen LogP contribution in [0.25, 0.3) is 0 Å². The number of carbonyl (C=O) groups excluding carboxylic acids is 1. The highest BCUT2D eigenvalue weighted by Crippen LogP contribution is 2.26. The largest absolute Gasteiger partial charge is 0.316 e. The first-order valence-electron chi connectivity index (χ1n) is 4.45. The Hall–Kier alpha value is -0.630. The lowest BCUT2D eigenvalue weighted by Gasteiger charge is -2.18. The zero-order valence-electron chi connectivity index (χ0n) is 8.11. The first kappa shape index (κ1) is 9.46. The van der Waals surface area contributed by atoms with Crippen LogP contribution in [0.4, 0.5) is 0 Å². The highest BCUT2D eigenvalue weighted by Gasteiger charge is 2.34. The number of allylic oxidation sites excluding steroid dienone is 2. The van der Waals surface area contributed by atoms with Gasteiger partial charge in [-0.2, -0.15) is 0 Å². The molecule has 1 saturated heterocycles. The number of rotatable bonds is 2. The van der Waals surface area contributed by atoms with Crippen LogP contribution in [-0.2, 0) is 4.79 Å². The molecule has 0 aromatic heterocycles. The monoisotopic (exact) mass is 167 g/mol. The van der Waals surface area contributed by atoms with Gasteiger partial charge in [0.15, 0.2) is 5.78 Å². The Labute approximate surface area is 74.0 Å². The van der Waals surface area contributed by atoms with E-state index in [0.717, 1.165) is 25.1 Å². The summed E-state index contributed by atoms with van der Waals surface area (Å²) in [6.07, 6.45) is 2.72. The summed E-state index contributed by atoms with van der Waals surface area (Å²) < 4.78 is 0. The van der Waals surface area contributed by atoms with Crippen LogP contribution >= 0.6 is 0 Å². The van der Waals surface area contributed by atoms with Crippen molar-refractivity contribution < 1.29 is 4.79 Å². The van der Waals surface area contributed by atoms with E-state index in [1.54, 1.807) is 6.08 Å². The number of hydrogen-bond acceptors (Lipinski definition) is 2. The molecule has 0 spiro atoms. The maximum absolute atomic E-state index is 11.7. The zero-order chi connectivity index (χ0) is 9.19. The average Bonchev–Trinajstić information content (AvgIpc) is 2.36. The molecule has 1 unspecified atom stereocenters. The quantitative estimate of drug-likeness (QED) is 0.632. The maximum Gasteiger partial charge on any atom is 0.162 e. The smallest absolute Gasteiger partial charge is 0.162 e. The third-order valence-electron chi connectivity index (χ3n) is 2.38. The molecule has 1 rings (SSSR count). The molecule has 0 amide bonds. The fourth-order valence-electron chi connectivity index (χ4n) is 1.46. The molecule has 0 radical (unpaired) electrons. The Balaban J connectivity index is 2.68. The molecule has 0 aromatic rings. The van der Waals surface area contributed by atoms with Crippen molar-refractivity contribution in [3.05, 3.63) is 11.6 Å². The SMILES string of the molecule is CC(C)=CC(=O)C1(C)CCNC1. The van der Waals surface area contributed by atoms with E-state index in [2.05, 4.69) is 5.32 Å². The van der Waals surface area contributed by atoms with Gasteiger partial charge in [-0.3, -0.25) is 4.79 Å². The summed E-state index contributed by atoms with van der Waals surface area (Å²) in [4.78, 5) is 11.7. The number of ketones is 1. The van der Waals surface area contributed by atoms with Crippen molar-refractivity contribution in [2.75, 3.05) is 13.1 Å². The molecule has 0 bridgehead atoms. The lowest BCUT2D eigenvalue weighted by atomic mass is 9.84. The summed E-state index contributed by atoms with van der Waals surface area (Å²) >= 11 is 0. The molecule has 1 aliphatic heterocycles. The van der Waals surface area contributed by atoms with E-state index in [-0.39, 0.29) is 11.2 Å². The second-order valence-electron chi connectivity index (χ2n) is 4.07. The molecule has 1 N–H and O–H groups in total. The number of nitrogens with one attached hydrogen (secondary N) is 1. The number of hydrogen-bond donors (Lipinski definition) is 1. The summed E-state index contributed by atoms with van der Waals surface area (Å²) in [5.41, 5.74) is 0.949. The van der Waals surface area contributed by atoms with E-state index in [9.17, 15) is 4.79 Å². The zero-order valence-corrected chi connectivity index (χ0v) is 8.11. The van der Waals surface area contributed by atoms with Crippen LogP contribution in [0.15, 0.2) is 11.6 Å². The lowest BCUT2D eigenvalue weighted by Crippen LogP contribution is -2.28. The molecule has 12 heavy (non-hydrogen) atoms. The van der Waals surface area contributed by atoms with Crippen LogP contribution in [0, 0.1) is 5.41 Å². The minimum Gasteiger partial charge on any atom is -0.316 e. The Morgan fingerprint density at radius 3 is 2.58 bits per heavy atom. The Bertz CT molecular complexity index is 208. The van der Waals surface area contributed by atoms with Crippen molar-refractivity contribution in [3.8, 4) is 0 Å². The van der Waals surface area contributed by atoms with Gasteiger partial charge in [0.05, 0.1) is 0 Å². The van der Waals surface area contributed by atoms with Crippen LogP contribution in [0.1, 0.15) is 27.2 Å². The highest BCUT2D eigenvalue weighted by atomic mass is 16.1. The van der Waals surface area contributed by atoms with Crippen LogP contribution in [0.5, 0.6) is 0 Å². The molecule has 1 fully saturated rings. The molecule has 0 aromatic carbocycles. The molecule has 0 saturated carbocycles. The minimum absolute atomic E-state index is 0.142. The molecule has 2 heteroatoms. The summed E-state index contributed by atoms with van der Waals surface area (Å²) in [6.45, 7) is 7.76. The van der Waals surface area contributed by atoms with E-state index in [1.165, 1.54) is 0 Å². The van der Waals surface area contributed by atoms with Crippen LogP contribution in [0.2, 0.25) is 0 Å². The topological polar surface area (TPSA) is 29.1 Å². The van der Waals surface area contributed by atoms with Crippen LogP contribution in [-0.4, -0.2) is 18.9 Å². The van der Waals surface area contributed by atoms with Crippen molar-refractivity contribution in [1.82, 2.24) is 5.32 Å². The first-order chi connectivity index (χ1) is 5.54. The minimum atomic E-state index is -0.142. The predicted molar refractivity (Wildman–Crippen MR) is 50.0 cm³/mol. The summed E-state index contributed by atoms with van der Waals surface area (Å²) in [5.74, 6) is 0.271. The second kappa shape index (κ2) is 3.40. The van der Waals surface area contributed by atoms with E-state index < -0.39 is 0 Å². The van der Waals surface area contributed by atoms with Crippen LogP contribution in [0.3, 0.4) is 0 Å². The van der Waals surface area contributed by atoms with Gasteiger partial charge in [-0.05, 0) is 32.9 Å². The molecule has 2 nitrogen and oxygen atoms in total. The average molecular weight is 167 g/mol. The highest BCUT2D eigenvalue weighted by molar-refractivity contribution is 5.95. The van der Waals surface area contributed by atoms with Gasteiger partial charge in [0.1, 0.15) is 0 Å². The molecule has 1 atom stereocenters. The Morgan fingerprint density at radius 2 is 2.17 bits per heavy atom. The van der Waals surface area contributed by atoms with Gasteiger partial charge >= 0.3 is 0 Å². The van der Waals surface area contributed by atoms with Gasteiger partial charge in [-0.1, -0.05) is 12.5 Å². The normalized spacial score (nSPS) is 28.6. The van der Waals surface area contributed by atoms with E-state index in [1.807, 2.05) is 20.8 Å². The van der Waals surface area contributed by atoms with Crippen molar-refractivity contribution in [1.29, 1.82) is 0 Å². The Morgan fingerprint density at radius 1 is 1.50 bits per heavy atom. The summed E-state index contributed by atoms with van der Waals surface area (Å²) in [7, 11) is 0. The third kappa shape index (κ3) is 1.95. The Kier molecular flexibility index (Phi) is 2.68. The molecular weight excluding hydrogens is 150 g/mol. The van der Waals surface area contributed by atoms with E-state index in [0.29, 0.717) is 0 Å². The van der Waals surface area contributed by atoms with Gasteiger partial charge in [0, 0.05) is 12.0 Å². The predicted octanol–water partition coefficient (Wildman–Crippen LogP) is 1.52. The second-order valence-corrected chi connectivity index (χ2v) is 4.07. The lowest BCUT2D eigenvalue weighted by molar-refractivity contribution is -0.122. The van der Waals surface area contributed by atoms with Gasteiger partial charge in [0.25, 0.3) is 0 Å². The van der Waals surface area contributed by atoms with Gasteiger partial charge in [-0.15, -0.1) is 0 Å². The summed E-state index contributed by atoms with van der Waals surface area (Å²) in [6, 6.07) is 0.